The normalized spacial score (nSPS) is 11.5. The summed E-state index contributed by atoms with van der Waals surface area (Å²) in [4.78, 5) is 0.0943. The van der Waals surface area contributed by atoms with E-state index in [2.05, 4.69) is 25.8 Å². The van der Waals surface area contributed by atoms with E-state index in [-0.39, 0.29) is 4.90 Å². The molecule has 0 atom stereocenters. The van der Waals surface area contributed by atoms with Gasteiger partial charge in [0.2, 0.25) is 0 Å². The largest absolute Gasteiger partial charge is 0.278 e. The highest BCUT2D eigenvalue weighted by Crippen LogP contribution is 2.27. The molecular weight excluding hydrogens is 342 g/mol. The lowest BCUT2D eigenvalue weighted by Crippen LogP contribution is -2.12. The highest BCUT2D eigenvalue weighted by Gasteiger charge is 2.17. The number of halogens is 2. The quantitative estimate of drug-likeness (QED) is 0.925. The van der Waals surface area contributed by atoms with Gasteiger partial charge >= 0.3 is 0 Å². The van der Waals surface area contributed by atoms with Crippen LogP contribution in [0.2, 0.25) is 5.02 Å². The molecule has 0 aliphatic carbocycles. The lowest BCUT2D eigenvalue weighted by molar-refractivity contribution is 0.601. The topological polar surface area (TPSA) is 64.0 Å². The third-order valence-corrected chi connectivity index (χ3v) is 4.41. The van der Waals surface area contributed by atoms with E-state index in [1.165, 1.54) is 23.1 Å². The average Bonchev–Trinajstić information content (AvgIpc) is 2.71. The third-order valence-electron chi connectivity index (χ3n) is 2.16. The van der Waals surface area contributed by atoms with Crippen molar-refractivity contribution in [3.63, 3.8) is 0 Å². The summed E-state index contributed by atoms with van der Waals surface area (Å²) in [6, 6.07) is 4.86. The fourth-order valence-corrected chi connectivity index (χ4v) is 3.02. The van der Waals surface area contributed by atoms with Crippen molar-refractivity contribution in [1.82, 2.24) is 9.78 Å². The average molecular weight is 351 g/mol. The molecule has 2 aromatic rings. The molecule has 1 heterocycles. The van der Waals surface area contributed by atoms with Crippen LogP contribution in [-0.2, 0) is 17.1 Å². The molecular formula is C10H9BrClN3O2S. The summed E-state index contributed by atoms with van der Waals surface area (Å²) in [6.45, 7) is 0. The van der Waals surface area contributed by atoms with Gasteiger partial charge < -0.3 is 0 Å². The first-order valence-electron chi connectivity index (χ1n) is 4.85. The van der Waals surface area contributed by atoms with Crippen LogP contribution in [0.5, 0.6) is 0 Å². The summed E-state index contributed by atoms with van der Waals surface area (Å²) in [5.41, 5.74) is 0.381. The highest BCUT2D eigenvalue weighted by molar-refractivity contribution is 9.10. The van der Waals surface area contributed by atoms with Crippen molar-refractivity contribution in [2.24, 2.45) is 7.05 Å². The zero-order valence-corrected chi connectivity index (χ0v) is 12.4. The smallest absolute Gasteiger partial charge is 0.265 e. The molecule has 0 radical (unpaired) electrons. The van der Waals surface area contributed by atoms with Crippen LogP contribution in [0.3, 0.4) is 0 Å². The summed E-state index contributed by atoms with van der Waals surface area (Å²) in [5, 5.41) is 4.27. The number of nitrogens with one attached hydrogen (secondary N) is 1. The molecule has 8 heteroatoms. The van der Waals surface area contributed by atoms with Crippen molar-refractivity contribution in [3.8, 4) is 0 Å². The van der Waals surface area contributed by atoms with E-state index in [0.29, 0.717) is 15.2 Å². The van der Waals surface area contributed by atoms with Gasteiger partial charge in [0.25, 0.3) is 10.0 Å². The maximum Gasteiger partial charge on any atom is 0.265 e. The van der Waals surface area contributed by atoms with Gasteiger partial charge in [-0.2, -0.15) is 5.10 Å². The maximum absolute atomic E-state index is 12.1. The number of hydrogen-bond donors (Lipinski definition) is 1. The third kappa shape index (κ3) is 2.85. The van der Waals surface area contributed by atoms with E-state index in [1.807, 2.05) is 0 Å². The standard InChI is InChI=1S/C10H9BrClN3O2S/c1-15-6-8(5-13-15)18(16,17)14-10-4-7(12)2-3-9(10)11/h2-6,14H,1H3. The van der Waals surface area contributed by atoms with Crippen molar-refractivity contribution in [2.75, 3.05) is 4.72 Å². The molecule has 0 fully saturated rings. The van der Waals surface area contributed by atoms with Gasteiger partial charge in [-0.15, -0.1) is 0 Å². The Balaban J connectivity index is 2.36. The second-order valence-corrected chi connectivity index (χ2v) is 6.55. The molecule has 2 rings (SSSR count). The van der Waals surface area contributed by atoms with Crippen molar-refractivity contribution in [2.45, 2.75) is 4.90 Å². The summed E-state index contributed by atoms with van der Waals surface area (Å²) < 4.78 is 28.6. The van der Waals surface area contributed by atoms with E-state index >= 15 is 0 Å². The van der Waals surface area contributed by atoms with Crippen LogP contribution in [0.4, 0.5) is 5.69 Å². The van der Waals surface area contributed by atoms with E-state index in [9.17, 15) is 8.42 Å². The number of sulfonamides is 1. The van der Waals surface area contributed by atoms with Crippen LogP contribution >= 0.6 is 27.5 Å². The number of hydrogen-bond acceptors (Lipinski definition) is 3. The van der Waals surface area contributed by atoms with Gasteiger partial charge in [0.15, 0.2) is 0 Å². The van der Waals surface area contributed by atoms with Gasteiger partial charge in [-0.05, 0) is 34.1 Å². The molecule has 5 nitrogen and oxygen atoms in total. The molecule has 0 amide bonds. The molecule has 0 saturated heterocycles. The maximum atomic E-state index is 12.1. The fraction of sp³-hybridized carbons (Fsp3) is 0.100. The predicted molar refractivity (Wildman–Crippen MR) is 73.2 cm³/mol. The second-order valence-electron chi connectivity index (χ2n) is 3.58. The van der Waals surface area contributed by atoms with Gasteiger partial charge in [0.05, 0.1) is 11.9 Å². The van der Waals surface area contributed by atoms with E-state index in [4.69, 9.17) is 11.6 Å². The van der Waals surface area contributed by atoms with Gasteiger partial charge in [-0.25, -0.2) is 8.42 Å². The number of nitrogens with zero attached hydrogens (tertiary/aromatic N) is 2. The van der Waals surface area contributed by atoms with Crippen LogP contribution in [-0.4, -0.2) is 18.2 Å². The van der Waals surface area contributed by atoms with Crippen LogP contribution in [0.1, 0.15) is 0 Å². The first-order valence-corrected chi connectivity index (χ1v) is 7.50. The molecule has 0 spiro atoms. The molecule has 1 N–H and O–H groups in total. The van der Waals surface area contributed by atoms with Gasteiger partial charge in [-0.1, -0.05) is 11.6 Å². The van der Waals surface area contributed by atoms with Crippen LogP contribution in [0.15, 0.2) is 40.0 Å². The second kappa shape index (κ2) is 4.91. The van der Waals surface area contributed by atoms with Gasteiger partial charge in [-0.3, -0.25) is 9.40 Å². The molecule has 0 unspecified atom stereocenters. The van der Waals surface area contributed by atoms with Crippen molar-refractivity contribution < 1.29 is 8.42 Å². The molecule has 96 valence electrons. The zero-order valence-electron chi connectivity index (χ0n) is 9.26. The molecule has 0 bridgehead atoms. The Morgan fingerprint density at radius 2 is 2.17 bits per heavy atom. The molecule has 0 saturated carbocycles. The zero-order chi connectivity index (χ0) is 13.3. The number of aromatic nitrogens is 2. The van der Waals surface area contributed by atoms with E-state index < -0.39 is 10.0 Å². The fourth-order valence-electron chi connectivity index (χ4n) is 1.32. The SMILES string of the molecule is Cn1cc(S(=O)(=O)Nc2cc(Cl)ccc2Br)cn1. The van der Waals surface area contributed by atoms with Crippen molar-refractivity contribution in [1.29, 1.82) is 0 Å². The predicted octanol–water partition coefficient (Wildman–Crippen LogP) is 2.64. The number of anilines is 1. The first-order chi connectivity index (χ1) is 8.38. The Hall–Kier alpha value is -1.05. The minimum Gasteiger partial charge on any atom is -0.278 e. The van der Waals surface area contributed by atoms with Crippen molar-refractivity contribution >= 4 is 43.2 Å². The molecule has 1 aromatic carbocycles. The Labute approximate surface area is 118 Å². The molecule has 1 aromatic heterocycles. The van der Waals surface area contributed by atoms with Gasteiger partial charge in [0, 0.05) is 22.7 Å². The Morgan fingerprint density at radius 3 is 2.78 bits per heavy atom. The Morgan fingerprint density at radius 1 is 1.44 bits per heavy atom. The lowest BCUT2D eigenvalue weighted by Gasteiger charge is -2.08. The van der Waals surface area contributed by atoms with Crippen molar-refractivity contribution in [3.05, 3.63) is 40.1 Å². The van der Waals surface area contributed by atoms with Crippen LogP contribution < -0.4 is 4.72 Å². The van der Waals surface area contributed by atoms with E-state index in [0.717, 1.165) is 0 Å². The first kappa shape index (κ1) is 13.4. The summed E-state index contributed by atoms with van der Waals surface area (Å²) in [5.74, 6) is 0. The highest BCUT2D eigenvalue weighted by atomic mass is 79.9. The summed E-state index contributed by atoms with van der Waals surface area (Å²) in [6.07, 6.45) is 2.70. The number of aryl methyl sites for hydroxylation is 1. The monoisotopic (exact) mass is 349 g/mol. The minimum atomic E-state index is -3.65. The van der Waals surface area contributed by atoms with Crippen LogP contribution in [0, 0.1) is 0 Å². The summed E-state index contributed by atoms with van der Waals surface area (Å²) >= 11 is 9.08. The Kier molecular flexibility index (Phi) is 3.65. The minimum absolute atomic E-state index is 0.0943. The Bertz CT molecular complexity index is 684. The number of benzene rings is 1. The molecule has 18 heavy (non-hydrogen) atoms. The molecule has 0 aliphatic heterocycles. The van der Waals surface area contributed by atoms with Crippen LogP contribution in [0.25, 0.3) is 0 Å². The van der Waals surface area contributed by atoms with E-state index in [1.54, 1.807) is 19.2 Å². The lowest BCUT2D eigenvalue weighted by atomic mass is 10.3. The summed E-state index contributed by atoms with van der Waals surface area (Å²) in [7, 11) is -2.01. The van der Waals surface area contributed by atoms with Gasteiger partial charge in [0.1, 0.15) is 4.90 Å². The number of rotatable bonds is 3. The molecule has 0 aliphatic rings.